The molecule has 0 aliphatic carbocycles. The minimum atomic E-state index is 1.13. The summed E-state index contributed by atoms with van der Waals surface area (Å²) in [5, 5.41) is 7.64. The van der Waals surface area contributed by atoms with E-state index >= 15 is 0 Å². The predicted octanol–water partition coefficient (Wildman–Crippen LogP) is 11.9. The van der Waals surface area contributed by atoms with Gasteiger partial charge in [0.25, 0.3) is 0 Å². The molecule has 43 heavy (non-hydrogen) atoms. The third kappa shape index (κ3) is 4.71. The summed E-state index contributed by atoms with van der Waals surface area (Å²) in [7, 11) is 0. The van der Waals surface area contributed by atoms with Gasteiger partial charge < -0.3 is 4.90 Å². The van der Waals surface area contributed by atoms with Gasteiger partial charge in [0.05, 0.1) is 0 Å². The van der Waals surface area contributed by atoms with Crippen molar-refractivity contribution in [1.82, 2.24) is 0 Å². The number of hydrogen-bond donors (Lipinski definition) is 0. The molecule has 8 aromatic carbocycles. The minimum absolute atomic E-state index is 1.13. The Kier molecular flexibility index (Phi) is 6.20. The van der Waals surface area contributed by atoms with Gasteiger partial charge in [0, 0.05) is 17.1 Å². The van der Waals surface area contributed by atoms with Crippen LogP contribution < -0.4 is 4.90 Å². The largest absolute Gasteiger partial charge is 0.311 e. The number of rotatable bonds is 5. The molecule has 0 aliphatic heterocycles. The topological polar surface area (TPSA) is 3.24 Å². The molecule has 0 atom stereocenters. The minimum Gasteiger partial charge on any atom is -0.311 e. The van der Waals surface area contributed by atoms with Crippen LogP contribution in [0.2, 0.25) is 0 Å². The van der Waals surface area contributed by atoms with Crippen molar-refractivity contribution in [3.63, 3.8) is 0 Å². The molecule has 0 aromatic heterocycles. The van der Waals surface area contributed by atoms with E-state index in [9.17, 15) is 0 Å². The van der Waals surface area contributed by atoms with Gasteiger partial charge in [-0.25, -0.2) is 0 Å². The monoisotopic (exact) mass is 547 g/mol. The summed E-state index contributed by atoms with van der Waals surface area (Å²) < 4.78 is 0. The fourth-order valence-corrected chi connectivity index (χ4v) is 6.20. The maximum absolute atomic E-state index is 2.32. The van der Waals surface area contributed by atoms with Crippen LogP contribution >= 0.6 is 0 Å². The number of fused-ring (bicyclic) bond motifs is 4. The second kappa shape index (κ2) is 10.6. The molecule has 0 N–H and O–H groups in total. The van der Waals surface area contributed by atoms with Crippen molar-refractivity contribution in [3.8, 4) is 22.3 Å². The van der Waals surface area contributed by atoms with E-state index in [4.69, 9.17) is 0 Å². The zero-order chi connectivity index (χ0) is 28.6. The lowest BCUT2D eigenvalue weighted by Crippen LogP contribution is -2.09. The van der Waals surface area contributed by atoms with E-state index in [0.29, 0.717) is 0 Å². The van der Waals surface area contributed by atoms with E-state index < -0.39 is 0 Å². The average Bonchev–Trinajstić information content (AvgIpc) is 3.09. The van der Waals surface area contributed by atoms with Crippen molar-refractivity contribution in [2.75, 3.05) is 4.90 Å². The molecule has 0 heterocycles. The lowest BCUT2D eigenvalue weighted by molar-refractivity contribution is 1.28. The summed E-state index contributed by atoms with van der Waals surface area (Å²) in [5.41, 5.74) is 8.30. The molecule has 0 spiro atoms. The highest BCUT2D eigenvalue weighted by Crippen LogP contribution is 2.36. The second-order valence-corrected chi connectivity index (χ2v) is 11.1. The molecule has 202 valence electrons. The summed E-state index contributed by atoms with van der Waals surface area (Å²) in [5.74, 6) is 0. The first-order valence-electron chi connectivity index (χ1n) is 14.8. The van der Waals surface area contributed by atoms with Gasteiger partial charge in [0.1, 0.15) is 0 Å². The Bertz CT molecular complexity index is 2180. The molecule has 0 amide bonds. The van der Waals surface area contributed by atoms with Crippen LogP contribution in [0.25, 0.3) is 54.6 Å². The van der Waals surface area contributed by atoms with Crippen LogP contribution in [0, 0.1) is 0 Å². The number of nitrogens with zero attached hydrogens (tertiary/aromatic N) is 1. The van der Waals surface area contributed by atoms with Crippen molar-refractivity contribution < 1.29 is 0 Å². The molecule has 8 rings (SSSR count). The van der Waals surface area contributed by atoms with Gasteiger partial charge in [-0.1, -0.05) is 121 Å². The van der Waals surface area contributed by atoms with Crippen LogP contribution in [0.3, 0.4) is 0 Å². The molecule has 8 aromatic rings. The fraction of sp³-hybridized carbons (Fsp3) is 0. The van der Waals surface area contributed by atoms with E-state index in [0.717, 1.165) is 17.1 Å². The van der Waals surface area contributed by atoms with E-state index in [2.05, 4.69) is 181 Å². The van der Waals surface area contributed by atoms with E-state index in [-0.39, 0.29) is 0 Å². The summed E-state index contributed by atoms with van der Waals surface area (Å²) in [4.78, 5) is 2.29. The first-order valence-corrected chi connectivity index (χ1v) is 14.8. The highest BCUT2D eigenvalue weighted by atomic mass is 15.1. The third-order valence-electron chi connectivity index (χ3n) is 8.41. The molecule has 0 saturated heterocycles. The zero-order valence-electron chi connectivity index (χ0n) is 23.7. The van der Waals surface area contributed by atoms with Gasteiger partial charge in [-0.2, -0.15) is 0 Å². The molecule has 0 bridgehead atoms. The van der Waals surface area contributed by atoms with Crippen LogP contribution in [0.15, 0.2) is 176 Å². The Morgan fingerprint density at radius 2 is 0.698 bits per heavy atom. The lowest BCUT2D eigenvalue weighted by atomic mass is 9.95. The lowest BCUT2D eigenvalue weighted by Gasteiger charge is -2.25. The molecule has 1 nitrogen and oxygen atoms in total. The summed E-state index contributed by atoms with van der Waals surface area (Å²) in [6.45, 7) is 0. The molecule has 0 radical (unpaired) electrons. The Morgan fingerprint density at radius 3 is 1.37 bits per heavy atom. The normalized spacial score (nSPS) is 11.3. The number of anilines is 3. The quantitative estimate of drug-likeness (QED) is 0.194. The predicted molar refractivity (Wildman–Crippen MR) is 185 cm³/mol. The molecular weight excluding hydrogens is 518 g/mol. The molecule has 0 unspecified atom stereocenters. The summed E-state index contributed by atoms with van der Waals surface area (Å²) >= 11 is 0. The second-order valence-electron chi connectivity index (χ2n) is 11.1. The van der Waals surface area contributed by atoms with Gasteiger partial charge >= 0.3 is 0 Å². The van der Waals surface area contributed by atoms with Gasteiger partial charge in [0.15, 0.2) is 0 Å². The third-order valence-corrected chi connectivity index (χ3v) is 8.41. The highest BCUT2D eigenvalue weighted by Gasteiger charge is 2.12. The average molecular weight is 548 g/mol. The van der Waals surface area contributed by atoms with Crippen LogP contribution in [-0.4, -0.2) is 0 Å². The zero-order valence-corrected chi connectivity index (χ0v) is 23.7. The molecule has 0 fully saturated rings. The Hall–Kier alpha value is -5.66. The first-order chi connectivity index (χ1) is 21.3. The maximum Gasteiger partial charge on any atom is 0.0462 e. The van der Waals surface area contributed by atoms with E-state index in [1.54, 1.807) is 0 Å². The fourth-order valence-electron chi connectivity index (χ4n) is 6.20. The van der Waals surface area contributed by atoms with Gasteiger partial charge in [-0.05, 0) is 109 Å². The maximum atomic E-state index is 2.32. The van der Waals surface area contributed by atoms with E-state index in [1.165, 1.54) is 54.6 Å². The van der Waals surface area contributed by atoms with Gasteiger partial charge in [0.2, 0.25) is 0 Å². The molecule has 0 saturated carbocycles. The SMILES string of the molecule is c1ccc(N(c2ccccc2)c2ccc(-c3ccc4ccc(-c5ccc6c(ccc7ccccc76)c5)cc4c3)cc2)cc1. The Balaban J connectivity index is 1.14. The van der Waals surface area contributed by atoms with Crippen molar-refractivity contribution in [2.24, 2.45) is 0 Å². The van der Waals surface area contributed by atoms with Gasteiger partial charge in [-0.15, -0.1) is 0 Å². The number of benzene rings is 8. The van der Waals surface area contributed by atoms with Crippen molar-refractivity contribution in [1.29, 1.82) is 0 Å². The Labute approximate surface area is 251 Å². The van der Waals surface area contributed by atoms with Crippen LogP contribution in [0.4, 0.5) is 17.1 Å². The van der Waals surface area contributed by atoms with Crippen molar-refractivity contribution in [2.45, 2.75) is 0 Å². The standard InChI is InChI=1S/C42H29N/c1-3-10-38(11-4-1)43(39-12-5-2-6-13-39)40-24-21-30(22-25-40)33-18-15-31-16-19-34(29-37(31)28-33)35-23-26-42-36(27-35)20-17-32-9-7-8-14-41(32)42/h1-29H. The first kappa shape index (κ1) is 25.1. The number of para-hydroxylation sites is 2. The van der Waals surface area contributed by atoms with Crippen LogP contribution in [0.1, 0.15) is 0 Å². The van der Waals surface area contributed by atoms with E-state index in [1.807, 2.05) is 0 Å². The van der Waals surface area contributed by atoms with Crippen molar-refractivity contribution >= 4 is 49.4 Å². The Morgan fingerprint density at radius 1 is 0.256 bits per heavy atom. The summed E-state index contributed by atoms with van der Waals surface area (Å²) in [6.07, 6.45) is 0. The van der Waals surface area contributed by atoms with Crippen LogP contribution in [0.5, 0.6) is 0 Å². The summed E-state index contributed by atoms with van der Waals surface area (Å²) in [6, 6.07) is 63.4. The molecule has 1 heteroatoms. The molecular formula is C42H29N. The molecule has 0 aliphatic rings. The van der Waals surface area contributed by atoms with Crippen LogP contribution in [-0.2, 0) is 0 Å². The van der Waals surface area contributed by atoms with Crippen molar-refractivity contribution in [3.05, 3.63) is 176 Å². The number of hydrogen-bond acceptors (Lipinski definition) is 1. The van der Waals surface area contributed by atoms with Gasteiger partial charge in [-0.3, -0.25) is 0 Å². The highest BCUT2D eigenvalue weighted by molar-refractivity contribution is 6.08. The smallest absolute Gasteiger partial charge is 0.0462 e.